The first-order chi connectivity index (χ1) is 12.6. The van der Waals surface area contributed by atoms with Crippen molar-refractivity contribution in [1.82, 2.24) is 14.9 Å². The molecule has 4 aliphatic rings. The van der Waals surface area contributed by atoms with Gasteiger partial charge in [-0.3, -0.25) is 4.79 Å². The average Bonchev–Trinajstić information content (AvgIpc) is 2.55. The molecule has 1 aliphatic heterocycles. The third kappa shape index (κ3) is 2.94. The quantitative estimate of drug-likeness (QED) is 0.838. The number of nitrogens with two attached hydrogens (primary N) is 1. The highest BCUT2D eigenvalue weighted by atomic mass is 19.4. The number of aromatic nitrogens is 2. The molecule has 8 nitrogen and oxygen atoms in total. The Morgan fingerprint density at radius 2 is 1.63 bits per heavy atom. The lowest BCUT2D eigenvalue weighted by molar-refractivity contribution is -0.253. The first kappa shape index (κ1) is 17.8. The van der Waals surface area contributed by atoms with Crippen LogP contribution in [0.5, 0.6) is 0 Å². The second kappa shape index (κ2) is 5.70. The van der Waals surface area contributed by atoms with Gasteiger partial charge >= 0.3 is 12.3 Å². The number of piperazine rings is 1. The highest BCUT2D eigenvalue weighted by Gasteiger charge is 2.74. The van der Waals surface area contributed by atoms with E-state index in [0.29, 0.717) is 45.4 Å². The van der Waals surface area contributed by atoms with Crippen LogP contribution in [0, 0.1) is 5.41 Å². The molecule has 3 saturated carbocycles. The summed E-state index contributed by atoms with van der Waals surface area (Å²) in [4.78, 5) is 34.7. The van der Waals surface area contributed by atoms with Crippen molar-refractivity contribution in [3.05, 3.63) is 18.0 Å². The van der Waals surface area contributed by atoms with Crippen molar-refractivity contribution in [3.63, 3.8) is 0 Å². The molecule has 0 spiro atoms. The van der Waals surface area contributed by atoms with E-state index >= 15 is 0 Å². The fraction of sp³-hybridized carbons (Fsp3) is 0.625. The van der Waals surface area contributed by atoms with E-state index in [4.69, 9.17) is 10.5 Å². The van der Waals surface area contributed by atoms with Gasteiger partial charge < -0.3 is 20.3 Å². The van der Waals surface area contributed by atoms with E-state index in [9.17, 15) is 22.8 Å². The molecule has 2 N–H and O–H groups in total. The molecule has 2 heterocycles. The summed E-state index contributed by atoms with van der Waals surface area (Å²) in [5.74, 6) is 0.250. The minimum atomic E-state index is -4.47. The van der Waals surface area contributed by atoms with Gasteiger partial charge in [0.15, 0.2) is 0 Å². The summed E-state index contributed by atoms with van der Waals surface area (Å²) in [6, 6.07) is 0. The maximum absolute atomic E-state index is 12.7. The third-order valence-electron chi connectivity index (χ3n) is 5.57. The molecule has 5 rings (SSSR count). The number of nitrogens with zero attached hydrogens (tertiary/aromatic N) is 4. The largest absolute Gasteiger partial charge is 0.443 e. The molecule has 3 aliphatic carbocycles. The predicted molar refractivity (Wildman–Crippen MR) is 85.5 cm³/mol. The van der Waals surface area contributed by atoms with Crippen LogP contribution in [-0.2, 0) is 15.7 Å². The lowest BCUT2D eigenvalue weighted by atomic mass is 9.40. The van der Waals surface area contributed by atoms with E-state index in [0.717, 1.165) is 12.4 Å². The molecule has 27 heavy (non-hydrogen) atoms. The Hall–Kier alpha value is -2.59. The van der Waals surface area contributed by atoms with Crippen LogP contribution in [0.25, 0.3) is 0 Å². The topological polar surface area (TPSA) is 102 Å². The van der Waals surface area contributed by atoms with E-state index in [1.165, 1.54) is 0 Å². The average molecular weight is 385 g/mol. The monoisotopic (exact) mass is 385 g/mol. The zero-order valence-electron chi connectivity index (χ0n) is 14.3. The first-order valence-corrected chi connectivity index (χ1v) is 8.55. The Morgan fingerprint density at radius 3 is 2.11 bits per heavy atom. The summed E-state index contributed by atoms with van der Waals surface area (Å²) < 4.78 is 42.8. The van der Waals surface area contributed by atoms with Crippen LogP contribution in [-0.4, -0.2) is 58.6 Å². The standard InChI is InChI=1S/C16H18F3N5O3/c17-16(18,19)10-5-21-13(22-6-10)24-3-1-23(2-4-24)11(25)14-7-15(8-14,9-14)27-12(20)26/h5-6H,1-4,7-9H2,(H2,20,26). The molecule has 1 aromatic heterocycles. The molecule has 0 unspecified atom stereocenters. The summed E-state index contributed by atoms with van der Waals surface area (Å²) in [6.07, 6.45) is -2.25. The Balaban J connectivity index is 1.31. The van der Waals surface area contributed by atoms with Crippen LogP contribution in [0.2, 0.25) is 0 Å². The van der Waals surface area contributed by atoms with Gasteiger partial charge in [0.05, 0.1) is 11.0 Å². The molecule has 2 amide bonds. The molecule has 0 aromatic carbocycles. The number of amides is 2. The van der Waals surface area contributed by atoms with E-state index in [-0.39, 0.29) is 11.9 Å². The van der Waals surface area contributed by atoms with Gasteiger partial charge in [-0.2, -0.15) is 13.2 Å². The number of carbonyl (C=O) groups is 2. The Bertz CT molecular complexity index is 755. The number of hydrogen-bond donors (Lipinski definition) is 1. The van der Waals surface area contributed by atoms with Gasteiger partial charge in [0.2, 0.25) is 11.9 Å². The third-order valence-corrected chi connectivity index (χ3v) is 5.57. The van der Waals surface area contributed by atoms with Gasteiger partial charge in [-0.15, -0.1) is 0 Å². The number of carbonyl (C=O) groups excluding carboxylic acids is 2. The molecule has 11 heteroatoms. The number of primary amides is 1. The number of ether oxygens (including phenoxy) is 1. The van der Waals surface area contributed by atoms with Crippen molar-refractivity contribution in [1.29, 1.82) is 0 Å². The normalized spacial score (nSPS) is 29.6. The fourth-order valence-electron chi connectivity index (χ4n) is 4.32. The SMILES string of the molecule is NC(=O)OC12CC(C(=O)N3CCN(c4ncc(C(F)(F)F)cn4)CC3)(C1)C2. The maximum Gasteiger partial charge on any atom is 0.419 e. The summed E-state index contributed by atoms with van der Waals surface area (Å²) in [5.41, 5.74) is 3.14. The van der Waals surface area contributed by atoms with E-state index in [1.807, 2.05) is 0 Å². The van der Waals surface area contributed by atoms with Crippen molar-refractivity contribution in [2.24, 2.45) is 11.1 Å². The van der Waals surface area contributed by atoms with Gasteiger partial charge in [-0.05, 0) is 0 Å². The molecular formula is C16H18F3N5O3. The maximum atomic E-state index is 12.7. The van der Waals surface area contributed by atoms with Crippen molar-refractivity contribution >= 4 is 17.9 Å². The second-order valence-corrected chi connectivity index (χ2v) is 7.46. The number of alkyl halides is 3. The number of halogens is 3. The zero-order chi connectivity index (χ0) is 19.4. The van der Waals surface area contributed by atoms with E-state index in [2.05, 4.69) is 9.97 Å². The minimum absolute atomic E-state index is 0.0328. The molecule has 1 aromatic rings. The fourth-order valence-corrected chi connectivity index (χ4v) is 4.32. The smallest absolute Gasteiger partial charge is 0.419 e. The van der Waals surface area contributed by atoms with Crippen molar-refractivity contribution in [2.75, 3.05) is 31.1 Å². The van der Waals surface area contributed by atoms with E-state index in [1.54, 1.807) is 9.80 Å². The predicted octanol–water partition coefficient (Wildman–Crippen LogP) is 1.16. The van der Waals surface area contributed by atoms with Crippen molar-refractivity contribution in [2.45, 2.75) is 31.0 Å². The summed E-state index contributed by atoms with van der Waals surface area (Å²) in [7, 11) is 0. The van der Waals surface area contributed by atoms with Crippen LogP contribution in [0.3, 0.4) is 0 Å². The lowest BCUT2D eigenvalue weighted by Gasteiger charge is -2.68. The van der Waals surface area contributed by atoms with Crippen LogP contribution in [0.15, 0.2) is 12.4 Å². The Kier molecular flexibility index (Phi) is 3.76. The first-order valence-electron chi connectivity index (χ1n) is 8.55. The van der Waals surface area contributed by atoms with Gasteiger partial charge in [0.25, 0.3) is 0 Å². The zero-order valence-corrected chi connectivity index (χ0v) is 14.3. The van der Waals surface area contributed by atoms with Crippen LogP contribution in [0.1, 0.15) is 24.8 Å². The van der Waals surface area contributed by atoms with Gasteiger partial charge in [-0.1, -0.05) is 0 Å². The van der Waals surface area contributed by atoms with Gasteiger partial charge in [0.1, 0.15) is 5.60 Å². The molecule has 0 radical (unpaired) electrons. The molecule has 0 atom stereocenters. The van der Waals surface area contributed by atoms with Crippen LogP contribution < -0.4 is 10.6 Å². The summed E-state index contributed by atoms with van der Waals surface area (Å²) >= 11 is 0. The number of hydrogen-bond acceptors (Lipinski definition) is 6. The summed E-state index contributed by atoms with van der Waals surface area (Å²) in [5, 5.41) is 0. The Labute approximate surface area is 152 Å². The molecule has 1 saturated heterocycles. The van der Waals surface area contributed by atoms with E-state index < -0.39 is 28.8 Å². The molecular weight excluding hydrogens is 367 g/mol. The number of rotatable bonds is 3. The lowest BCUT2D eigenvalue weighted by Crippen LogP contribution is -2.74. The number of anilines is 1. The highest BCUT2D eigenvalue weighted by Crippen LogP contribution is 2.69. The molecule has 2 bridgehead atoms. The van der Waals surface area contributed by atoms with Crippen molar-refractivity contribution < 1.29 is 27.5 Å². The van der Waals surface area contributed by atoms with Crippen LogP contribution in [0.4, 0.5) is 23.9 Å². The minimum Gasteiger partial charge on any atom is -0.443 e. The second-order valence-electron chi connectivity index (χ2n) is 7.46. The molecule has 146 valence electrons. The van der Waals surface area contributed by atoms with Crippen LogP contribution >= 0.6 is 0 Å². The van der Waals surface area contributed by atoms with Gasteiger partial charge in [-0.25, -0.2) is 14.8 Å². The van der Waals surface area contributed by atoms with Gasteiger partial charge in [0, 0.05) is 57.8 Å². The highest BCUT2D eigenvalue weighted by molar-refractivity contribution is 5.87. The van der Waals surface area contributed by atoms with Crippen molar-refractivity contribution in [3.8, 4) is 0 Å². The molecule has 4 fully saturated rings. The Morgan fingerprint density at radius 1 is 1.07 bits per heavy atom. The summed E-state index contributed by atoms with van der Waals surface area (Å²) in [6.45, 7) is 1.76.